The number of rotatable bonds is 3. The number of ether oxygens (including phenoxy) is 1. The van der Waals surface area contributed by atoms with Crippen LogP contribution < -0.4 is 4.74 Å². The molecule has 1 saturated heterocycles. The van der Waals surface area contributed by atoms with Crippen molar-refractivity contribution in [3.63, 3.8) is 0 Å². The maximum absolute atomic E-state index is 6.13. The van der Waals surface area contributed by atoms with Gasteiger partial charge >= 0.3 is 0 Å². The molecule has 0 aromatic heterocycles. The highest BCUT2D eigenvalue weighted by Crippen LogP contribution is 2.35. The third-order valence-corrected chi connectivity index (χ3v) is 5.13. The van der Waals surface area contributed by atoms with Crippen molar-refractivity contribution in [3.05, 3.63) is 27.7 Å². The van der Waals surface area contributed by atoms with Crippen LogP contribution in [-0.4, -0.2) is 30.0 Å². The summed E-state index contributed by atoms with van der Waals surface area (Å²) in [5.74, 6) is 2.52. The smallest absolute Gasteiger partial charge is 0.127 e. The van der Waals surface area contributed by atoms with E-state index in [9.17, 15) is 0 Å². The van der Waals surface area contributed by atoms with Gasteiger partial charge < -0.3 is 4.74 Å². The topological polar surface area (TPSA) is 12.5 Å². The minimum atomic E-state index is 0.498. The Kier molecular flexibility index (Phi) is 4.06. The summed E-state index contributed by atoms with van der Waals surface area (Å²) in [5, 5.41) is 0. The molecule has 3 rings (SSSR count). The fraction of sp³-hybridized carbons (Fsp3) is 0.600. The van der Waals surface area contributed by atoms with E-state index in [0.717, 1.165) is 42.2 Å². The van der Waals surface area contributed by atoms with Gasteiger partial charge in [-0.3, -0.25) is 4.90 Å². The van der Waals surface area contributed by atoms with Crippen LogP contribution in [0.2, 0.25) is 0 Å². The van der Waals surface area contributed by atoms with Crippen molar-refractivity contribution < 1.29 is 4.74 Å². The van der Waals surface area contributed by atoms with Crippen LogP contribution in [0.15, 0.2) is 16.6 Å². The van der Waals surface area contributed by atoms with Crippen LogP contribution in [0.25, 0.3) is 0 Å². The van der Waals surface area contributed by atoms with E-state index in [0.29, 0.717) is 12.0 Å². The van der Waals surface area contributed by atoms with Gasteiger partial charge in [-0.1, -0.05) is 22.9 Å². The first-order valence-electron chi connectivity index (χ1n) is 6.93. The fourth-order valence-corrected chi connectivity index (χ4v) is 4.27. The predicted molar refractivity (Wildman–Crippen MR) is 82.0 cm³/mol. The number of halogens is 2. The molecule has 0 bridgehead atoms. The fourth-order valence-electron chi connectivity index (χ4n) is 3.22. The zero-order valence-electron chi connectivity index (χ0n) is 11.2. The second-order valence-corrected chi connectivity index (χ2v) is 6.83. The molecule has 19 heavy (non-hydrogen) atoms. The second kappa shape index (κ2) is 5.63. The monoisotopic (exact) mass is 343 g/mol. The molecule has 0 saturated carbocycles. The van der Waals surface area contributed by atoms with Crippen molar-refractivity contribution in [2.45, 2.75) is 32.4 Å². The minimum Gasteiger partial charge on any atom is -0.493 e. The van der Waals surface area contributed by atoms with Gasteiger partial charge in [0.05, 0.1) is 6.61 Å². The predicted octanol–water partition coefficient (Wildman–Crippen LogP) is 3.83. The lowest BCUT2D eigenvalue weighted by Gasteiger charge is -2.25. The maximum Gasteiger partial charge on any atom is 0.127 e. The Morgan fingerprint density at radius 3 is 3.11 bits per heavy atom. The first-order chi connectivity index (χ1) is 9.19. The van der Waals surface area contributed by atoms with Crippen LogP contribution in [0.1, 0.15) is 24.5 Å². The normalized spacial score (nSPS) is 26.5. The molecule has 2 atom stereocenters. The molecule has 0 N–H and O–H groups in total. The number of likely N-dealkylation sites (tertiary alicyclic amines) is 1. The van der Waals surface area contributed by atoms with Crippen LogP contribution in [0.4, 0.5) is 0 Å². The number of hydrogen-bond donors (Lipinski definition) is 0. The van der Waals surface area contributed by atoms with Crippen LogP contribution >= 0.6 is 27.5 Å². The zero-order chi connectivity index (χ0) is 13.4. The summed E-state index contributed by atoms with van der Waals surface area (Å²) in [6, 6.07) is 4.87. The maximum atomic E-state index is 6.13. The Morgan fingerprint density at radius 2 is 2.32 bits per heavy atom. The molecule has 4 heteroatoms. The quantitative estimate of drug-likeness (QED) is 0.773. The van der Waals surface area contributed by atoms with Crippen LogP contribution in [0.5, 0.6) is 5.75 Å². The van der Waals surface area contributed by atoms with Crippen molar-refractivity contribution >= 4 is 27.5 Å². The molecule has 104 valence electrons. The van der Waals surface area contributed by atoms with Crippen LogP contribution in [-0.2, 0) is 13.0 Å². The van der Waals surface area contributed by atoms with Gasteiger partial charge in [0.2, 0.25) is 0 Å². The van der Waals surface area contributed by atoms with E-state index in [1.165, 1.54) is 17.5 Å². The Bertz CT molecular complexity index is 479. The van der Waals surface area contributed by atoms with Gasteiger partial charge in [0.25, 0.3) is 0 Å². The van der Waals surface area contributed by atoms with Gasteiger partial charge in [-0.05, 0) is 36.6 Å². The summed E-state index contributed by atoms with van der Waals surface area (Å²) in [7, 11) is 0. The van der Waals surface area contributed by atoms with E-state index in [1.807, 2.05) is 0 Å². The first-order valence-corrected chi connectivity index (χ1v) is 8.26. The standard InChI is InChI=1S/C15H19BrClNO/c1-10-2-4-18(14(10)8-17)9-12-7-13(16)6-11-3-5-19-15(11)12/h6-7,10,14H,2-5,8-9H2,1H3. The van der Waals surface area contributed by atoms with Crippen molar-refractivity contribution in [2.24, 2.45) is 5.92 Å². The third-order valence-electron chi connectivity index (χ3n) is 4.35. The van der Waals surface area contributed by atoms with E-state index in [1.54, 1.807) is 0 Å². The molecule has 0 amide bonds. The molecule has 1 aromatic carbocycles. The molecule has 0 radical (unpaired) electrons. The van der Waals surface area contributed by atoms with Crippen molar-refractivity contribution in [2.75, 3.05) is 19.0 Å². The SMILES string of the molecule is CC1CCN(Cc2cc(Br)cc3c2OCC3)C1CCl. The van der Waals surface area contributed by atoms with E-state index in [2.05, 4.69) is 39.9 Å². The van der Waals surface area contributed by atoms with E-state index in [-0.39, 0.29) is 0 Å². The number of hydrogen-bond acceptors (Lipinski definition) is 2. The summed E-state index contributed by atoms with van der Waals surface area (Å²) >= 11 is 9.74. The number of benzene rings is 1. The van der Waals surface area contributed by atoms with E-state index in [4.69, 9.17) is 16.3 Å². The second-order valence-electron chi connectivity index (χ2n) is 5.61. The van der Waals surface area contributed by atoms with Crippen molar-refractivity contribution in [1.29, 1.82) is 0 Å². The zero-order valence-corrected chi connectivity index (χ0v) is 13.5. The van der Waals surface area contributed by atoms with Gasteiger partial charge in [-0.25, -0.2) is 0 Å². The summed E-state index contributed by atoms with van der Waals surface area (Å²) in [6.07, 6.45) is 2.27. The molecule has 2 aliphatic heterocycles. The van der Waals surface area contributed by atoms with Crippen LogP contribution in [0, 0.1) is 5.92 Å². The summed E-state index contributed by atoms with van der Waals surface area (Å²) < 4.78 is 6.96. The lowest BCUT2D eigenvalue weighted by atomic mass is 10.0. The highest BCUT2D eigenvalue weighted by Gasteiger charge is 2.31. The molecule has 2 aliphatic rings. The Labute approximate surface area is 128 Å². The Morgan fingerprint density at radius 1 is 1.47 bits per heavy atom. The summed E-state index contributed by atoms with van der Waals surface area (Å²) in [6.45, 7) is 5.20. The van der Waals surface area contributed by atoms with Gasteiger partial charge in [0.15, 0.2) is 0 Å². The Hall–Kier alpha value is -0.250. The first kappa shape index (κ1) is 13.7. The summed E-state index contributed by atoms with van der Waals surface area (Å²) in [5.41, 5.74) is 2.63. The Balaban J connectivity index is 1.84. The molecule has 1 aromatic rings. The number of nitrogens with zero attached hydrogens (tertiary/aromatic N) is 1. The van der Waals surface area contributed by atoms with Crippen molar-refractivity contribution in [3.8, 4) is 5.75 Å². The van der Waals surface area contributed by atoms with Gasteiger partial charge in [0, 0.05) is 34.9 Å². The average molecular weight is 345 g/mol. The van der Waals surface area contributed by atoms with Gasteiger partial charge in [0.1, 0.15) is 5.75 Å². The molecule has 2 unspecified atom stereocenters. The number of fused-ring (bicyclic) bond motifs is 1. The lowest BCUT2D eigenvalue weighted by Crippen LogP contribution is -2.33. The molecular formula is C15H19BrClNO. The highest BCUT2D eigenvalue weighted by atomic mass is 79.9. The molecule has 0 spiro atoms. The minimum absolute atomic E-state index is 0.498. The van der Waals surface area contributed by atoms with Gasteiger partial charge in [-0.15, -0.1) is 11.6 Å². The molecular weight excluding hydrogens is 326 g/mol. The largest absolute Gasteiger partial charge is 0.493 e. The number of alkyl halides is 1. The molecule has 0 aliphatic carbocycles. The van der Waals surface area contributed by atoms with Crippen LogP contribution in [0.3, 0.4) is 0 Å². The molecule has 1 fully saturated rings. The summed E-state index contributed by atoms with van der Waals surface area (Å²) in [4.78, 5) is 2.50. The lowest BCUT2D eigenvalue weighted by molar-refractivity contribution is 0.237. The molecule has 2 heterocycles. The average Bonchev–Trinajstić information content (AvgIpc) is 2.96. The van der Waals surface area contributed by atoms with Crippen molar-refractivity contribution in [1.82, 2.24) is 4.90 Å². The van der Waals surface area contributed by atoms with Gasteiger partial charge in [-0.2, -0.15) is 0 Å². The molecule has 2 nitrogen and oxygen atoms in total. The van der Waals surface area contributed by atoms with E-state index >= 15 is 0 Å². The highest BCUT2D eigenvalue weighted by molar-refractivity contribution is 9.10. The van der Waals surface area contributed by atoms with E-state index < -0.39 is 0 Å². The third kappa shape index (κ3) is 2.65.